The minimum Gasteiger partial charge on any atom is -0.347 e. The van der Waals surface area contributed by atoms with Gasteiger partial charge in [-0.2, -0.15) is 4.98 Å². The van der Waals surface area contributed by atoms with Gasteiger partial charge >= 0.3 is 0 Å². The van der Waals surface area contributed by atoms with Gasteiger partial charge in [-0.25, -0.2) is 4.98 Å². The number of aryl methyl sites for hydroxylation is 1. The predicted octanol–water partition coefficient (Wildman–Crippen LogP) is 2.82. The molecule has 0 saturated heterocycles. The van der Waals surface area contributed by atoms with E-state index in [0.717, 1.165) is 22.5 Å². The SMILES string of the molecule is CCc1cc2c(N(CC)CC(=O)N(C)C)nc(Cl)nc2s1. The van der Waals surface area contributed by atoms with Crippen LogP contribution in [-0.2, 0) is 11.2 Å². The molecule has 0 N–H and O–H groups in total. The number of carbonyl (C=O) groups excluding carboxylic acids is 1. The Balaban J connectivity index is 2.46. The number of amides is 1. The van der Waals surface area contributed by atoms with Crippen molar-refractivity contribution >= 4 is 44.9 Å². The summed E-state index contributed by atoms with van der Waals surface area (Å²) in [7, 11) is 3.50. The van der Waals surface area contributed by atoms with Gasteiger partial charge in [0.25, 0.3) is 0 Å². The molecule has 0 saturated carbocycles. The Labute approximate surface area is 133 Å². The van der Waals surface area contributed by atoms with Crippen molar-refractivity contribution in [2.45, 2.75) is 20.3 Å². The van der Waals surface area contributed by atoms with Gasteiger partial charge in [-0.05, 0) is 31.0 Å². The third-order valence-electron chi connectivity index (χ3n) is 3.25. The summed E-state index contributed by atoms with van der Waals surface area (Å²) >= 11 is 7.66. The number of hydrogen-bond acceptors (Lipinski definition) is 5. The largest absolute Gasteiger partial charge is 0.347 e. The van der Waals surface area contributed by atoms with Gasteiger partial charge in [0.15, 0.2) is 0 Å². The molecule has 2 aromatic rings. The van der Waals surface area contributed by atoms with Gasteiger partial charge in [0.2, 0.25) is 11.2 Å². The van der Waals surface area contributed by atoms with Gasteiger partial charge in [-0.3, -0.25) is 4.79 Å². The minimum atomic E-state index is 0.0330. The Bertz CT molecular complexity index is 656. The Kier molecular flexibility index (Phi) is 5.00. The molecule has 114 valence electrons. The molecule has 2 rings (SSSR count). The maximum Gasteiger partial charge on any atom is 0.241 e. The monoisotopic (exact) mass is 326 g/mol. The molecule has 0 aromatic carbocycles. The number of rotatable bonds is 5. The van der Waals surface area contributed by atoms with Gasteiger partial charge in [0.1, 0.15) is 10.6 Å². The molecular formula is C14H19ClN4OS. The standard InChI is InChI=1S/C14H19ClN4OS/c1-5-9-7-10-12(16-14(15)17-13(10)21-9)19(6-2)8-11(20)18(3)4/h7H,5-6,8H2,1-4H3. The lowest BCUT2D eigenvalue weighted by Gasteiger charge is -2.23. The molecule has 0 aliphatic carbocycles. The van der Waals surface area contributed by atoms with E-state index in [9.17, 15) is 4.79 Å². The zero-order valence-electron chi connectivity index (χ0n) is 12.7. The van der Waals surface area contributed by atoms with Crippen LogP contribution in [0.15, 0.2) is 6.07 Å². The van der Waals surface area contributed by atoms with Crippen LogP contribution in [0.1, 0.15) is 18.7 Å². The van der Waals surface area contributed by atoms with Crippen LogP contribution in [0.3, 0.4) is 0 Å². The first kappa shape index (κ1) is 16.0. The second-order valence-electron chi connectivity index (χ2n) is 4.90. The van der Waals surface area contributed by atoms with E-state index in [2.05, 4.69) is 23.0 Å². The lowest BCUT2D eigenvalue weighted by atomic mass is 10.3. The molecule has 7 heteroatoms. The predicted molar refractivity (Wildman–Crippen MR) is 88.4 cm³/mol. The normalized spacial score (nSPS) is 10.9. The number of halogens is 1. The molecule has 0 aliphatic rings. The Morgan fingerprint density at radius 2 is 2.05 bits per heavy atom. The Hall–Kier alpha value is -1.40. The third-order valence-corrected chi connectivity index (χ3v) is 4.59. The van der Waals surface area contributed by atoms with E-state index >= 15 is 0 Å². The number of nitrogens with zero attached hydrogens (tertiary/aromatic N) is 4. The van der Waals surface area contributed by atoms with Gasteiger partial charge in [-0.1, -0.05) is 6.92 Å². The topological polar surface area (TPSA) is 49.3 Å². The molecule has 5 nitrogen and oxygen atoms in total. The Morgan fingerprint density at radius 1 is 1.33 bits per heavy atom. The quantitative estimate of drug-likeness (QED) is 0.793. The first-order valence-corrected chi connectivity index (χ1v) is 8.06. The fourth-order valence-corrected chi connectivity index (χ4v) is 3.16. The minimum absolute atomic E-state index is 0.0330. The summed E-state index contributed by atoms with van der Waals surface area (Å²) < 4.78 is 0. The molecule has 1 amide bonds. The lowest BCUT2D eigenvalue weighted by molar-refractivity contribution is -0.127. The zero-order valence-corrected chi connectivity index (χ0v) is 14.3. The molecular weight excluding hydrogens is 308 g/mol. The summed E-state index contributed by atoms with van der Waals surface area (Å²) in [5.74, 6) is 0.768. The average Bonchev–Trinajstić information content (AvgIpc) is 2.86. The molecule has 2 aromatic heterocycles. The number of anilines is 1. The van der Waals surface area contributed by atoms with E-state index in [1.54, 1.807) is 30.3 Å². The van der Waals surface area contributed by atoms with E-state index in [1.165, 1.54) is 4.88 Å². The number of carbonyl (C=O) groups is 1. The number of thiophene rings is 1. The van der Waals surface area contributed by atoms with E-state index < -0.39 is 0 Å². The number of hydrogen-bond donors (Lipinski definition) is 0. The second kappa shape index (κ2) is 6.58. The average molecular weight is 327 g/mol. The van der Waals surface area contributed by atoms with Gasteiger partial charge in [-0.15, -0.1) is 11.3 Å². The molecule has 0 bridgehead atoms. The van der Waals surface area contributed by atoms with Crippen molar-refractivity contribution in [1.29, 1.82) is 0 Å². The van der Waals surface area contributed by atoms with Crippen molar-refractivity contribution in [3.8, 4) is 0 Å². The van der Waals surface area contributed by atoms with Crippen LogP contribution in [0, 0.1) is 0 Å². The van der Waals surface area contributed by atoms with Crippen molar-refractivity contribution in [3.05, 3.63) is 16.2 Å². The number of likely N-dealkylation sites (N-methyl/N-ethyl adjacent to an activating group) is 2. The van der Waals surface area contributed by atoms with E-state index in [1.807, 2.05) is 11.8 Å². The van der Waals surface area contributed by atoms with Crippen LogP contribution >= 0.6 is 22.9 Å². The van der Waals surface area contributed by atoms with E-state index in [-0.39, 0.29) is 17.7 Å². The fourth-order valence-electron chi connectivity index (χ4n) is 1.99. The summed E-state index contributed by atoms with van der Waals surface area (Å²) in [6, 6.07) is 2.09. The van der Waals surface area contributed by atoms with Crippen LogP contribution < -0.4 is 4.90 Å². The van der Waals surface area contributed by atoms with Crippen molar-refractivity contribution in [2.75, 3.05) is 32.1 Å². The maximum absolute atomic E-state index is 12.0. The molecule has 2 heterocycles. The lowest BCUT2D eigenvalue weighted by Crippen LogP contribution is -2.37. The first-order chi connectivity index (χ1) is 9.96. The van der Waals surface area contributed by atoms with Crippen LogP contribution in [0.5, 0.6) is 0 Å². The molecule has 0 fully saturated rings. The molecule has 0 spiro atoms. The molecule has 0 radical (unpaired) electrons. The maximum atomic E-state index is 12.0. The highest BCUT2D eigenvalue weighted by Gasteiger charge is 2.18. The van der Waals surface area contributed by atoms with Crippen LogP contribution in [0.2, 0.25) is 5.28 Å². The highest BCUT2D eigenvalue weighted by molar-refractivity contribution is 7.18. The van der Waals surface area contributed by atoms with E-state index in [0.29, 0.717) is 6.54 Å². The number of fused-ring (bicyclic) bond motifs is 1. The second-order valence-corrected chi connectivity index (χ2v) is 6.36. The summed E-state index contributed by atoms with van der Waals surface area (Å²) in [6.07, 6.45) is 0.945. The molecule has 0 aliphatic heterocycles. The summed E-state index contributed by atoms with van der Waals surface area (Å²) in [4.78, 5) is 26.2. The Morgan fingerprint density at radius 3 is 2.62 bits per heavy atom. The van der Waals surface area contributed by atoms with Gasteiger partial charge in [0.05, 0.1) is 11.9 Å². The van der Waals surface area contributed by atoms with Crippen LogP contribution in [0.4, 0.5) is 5.82 Å². The summed E-state index contributed by atoms with van der Waals surface area (Å²) in [5.41, 5.74) is 0. The third kappa shape index (κ3) is 3.44. The summed E-state index contributed by atoms with van der Waals surface area (Å²) in [6.45, 7) is 5.06. The van der Waals surface area contributed by atoms with Crippen molar-refractivity contribution < 1.29 is 4.79 Å². The highest BCUT2D eigenvalue weighted by Crippen LogP contribution is 2.32. The van der Waals surface area contributed by atoms with Crippen LogP contribution in [0.25, 0.3) is 10.2 Å². The van der Waals surface area contributed by atoms with Gasteiger partial charge < -0.3 is 9.80 Å². The van der Waals surface area contributed by atoms with Gasteiger partial charge in [0, 0.05) is 25.5 Å². The van der Waals surface area contributed by atoms with Crippen molar-refractivity contribution in [1.82, 2.24) is 14.9 Å². The first-order valence-electron chi connectivity index (χ1n) is 6.87. The van der Waals surface area contributed by atoms with Crippen molar-refractivity contribution in [2.24, 2.45) is 0 Å². The smallest absolute Gasteiger partial charge is 0.241 e. The fraction of sp³-hybridized carbons (Fsp3) is 0.500. The highest BCUT2D eigenvalue weighted by atomic mass is 35.5. The molecule has 21 heavy (non-hydrogen) atoms. The van der Waals surface area contributed by atoms with E-state index in [4.69, 9.17) is 11.6 Å². The van der Waals surface area contributed by atoms with Crippen LogP contribution in [-0.4, -0.2) is 48.0 Å². The zero-order chi connectivity index (χ0) is 15.6. The molecule has 0 atom stereocenters. The summed E-state index contributed by atoms with van der Waals surface area (Å²) in [5, 5.41) is 1.19. The van der Waals surface area contributed by atoms with Crippen molar-refractivity contribution in [3.63, 3.8) is 0 Å². The molecule has 0 unspecified atom stereocenters. The number of aromatic nitrogens is 2.